The smallest absolute Gasteiger partial charge is 0.305 e. The molecular formula is C67H131NO5. The first-order chi connectivity index (χ1) is 36.0. The van der Waals surface area contributed by atoms with Crippen molar-refractivity contribution in [3.05, 3.63) is 12.2 Å². The van der Waals surface area contributed by atoms with Crippen LogP contribution in [0.25, 0.3) is 0 Å². The predicted molar refractivity (Wildman–Crippen MR) is 320 cm³/mol. The van der Waals surface area contributed by atoms with Crippen molar-refractivity contribution in [3.8, 4) is 0 Å². The maximum Gasteiger partial charge on any atom is 0.305 e. The van der Waals surface area contributed by atoms with Gasteiger partial charge in [0.25, 0.3) is 0 Å². The summed E-state index contributed by atoms with van der Waals surface area (Å²) in [6.45, 7) is 4.97. The summed E-state index contributed by atoms with van der Waals surface area (Å²) >= 11 is 0. The average molecular weight is 1030 g/mol. The molecule has 0 aliphatic rings. The third kappa shape index (κ3) is 59.7. The Balaban J connectivity index is 3.39. The molecule has 2 unspecified atom stereocenters. The van der Waals surface area contributed by atoms with Crippen LogP contribution >= 0.6 is 0 Å². The minimum absolute atomic E-state index is 0.00384. The standard InChI is InChI=1S/C67H131NO5/c1-3-5-7-9-11-13-15-17-18-19-20-21-23-26-29-32-36-39-43-47-51-55-59-65(70)64(63-69)68-66(71)60-56-52-48-44-40-37-33-30-27-24-22-25-28-31-34-38-42-46-50-54-58-62-73-67(72)61-57-53-49-45-41-35-16-14-12-10-8-6-4-2/h14,16,64-65,69-70H,3-13,15,17-63H2,1-2H3,(H,68,71)/b16-14-. The van der Waals surface area contributed by atoms with Gasteiger partial charge in [-0.2, -0.15) is 0 Å². The van der Waals surface area contributed by atoms with E-state index < -0.39 is 12.1 Å². The van der Waals surface area contributed by atoms with Crippen LogP contribution in [0.2, 0.25) is 0 Å². The Morgan fingerprint density at radius 3 is 0.986 bits per heavy atom. The van der Waals surface area contributed by atoms with Crippen LogP contribution in [0.5, 0.6) is 0 Å². The Hall–Kier alpha value is -1.40. The van der Waals surface area contributed by atoms with Gasteiger partial charge in [-0.05, 0) is 51.4 Å². The Bertz CT molecular complexity index is 1100. The highest BCUT2D eigenvalue weighted by Crippen LogP contribution is 2.19. The van der Waals surface area contributed by atoms with Crippen molar-refractivity contribution >= 4 is 11.9 Å². The van der Waals surface area contributed by atoms with E-state index in [0.29, 0.717) is 25.9 Å². The van der Waals surface area contributed by atoms with Gasteiger partial charge in [-0.1, -0.05) is 328 Å². The number of rotatable bonds is 63. The van der Waals surface area contributed by atoms with Crippen molar-refractivity contribution in [2.45, 2.75) is 392 Å². The van der Waals surface area contributed by atoms with Gasteiger partial charge < -0.3 is 20.3 Å². The fourth-order valence-electron chi connectivity index (χ4n) is 10.7. The van der Waals surface area contributed by atoms with Crippen LogP contribution in [-0.2, 0) is 14.3 Å². The van der Waals surface area contributed by atoms with Gasteiger partial charge >= 0.3 is 5.97 Å². The van der Waals surface area contributed by atoms with Crippen LogP contribution < -0.4 is 5.32 Å². The summed E-state index contributed by atoms with van der Waals surface area (Å²) in [7, 11) is 0. The van der Waals surface area contributed by atoms with Gasteiger partial charge in [-0.25, -0.2) is 0 Å². The number of esters is 1. The van der Waals surface area contributed by atoms with Gasteiger partial charge in [0.05, 0.1) is 25.4 Å². The van der Waals surface area contributed by atoms with Crippen LogP contribution in [0.15, 0.2) is 12.2 Å². The van der Waals surface area contributed by atoms with E-state index in [2.05, 4.69) is 31.3 Å². The Kier molecular flexibility index (Phi) is 61.9. The topological polar surface area (TPSA) is 95.9 Å². The van der Waals surface area contributed by atoms with Gasteiger partial charge in [-0.15, -0.1) is 0 Å². The van der Waals surface area contributed by atoms with E-state index in [1.165, 1.54) is 302 Å². The lowest BCUT2D eigenvalue weighted by Crippen LogP contribution is -2.45. The van der Waals surface area contributed by atoms with Crippen LogP contribution in [0.4, 0.5) is 0 Å². The summed E-state index contributed by atoms with van der Waals surface area (Å²) in [6, 6.07) is -0.543. The molecule has 0 aliphatic carbocycles. The lowest BCUT2D eigenvalue weighted by molar-refractivity contribution is -0.143. The number of allylic oxidation sites excluding steroid dienone is 2. The molecule has 2 atom stereocenters. The Morgan fingerprint density at radius 2 is 0.644 bits per heavy atom. The van der Waals surface area contributed by atoms with Gasteiger partial charge in [0.15, 0.2) is 0 Å². The van der Waals surface area contributed by atoms with Crippen LogP contribution in [0.3, 0.4) is 0 Å². The third-order valence-corrected chi connectivity index (χ3v) is 15.8. The van der Waals surface area contributed by atoms with Crippen molar-refractivity contribution < 1.29 is 24.5 Å². The molecule has 0 saturated heterocycles. The SMILES string of the molecule is CCCCCC/C=C\CCCCCCCC(=O)OCCCCCCCCCCCCCCCCCCCCCCCC(=O)NC(CO)C(O)CCCCCCCCCCCCCCCCCCCCCCCC. The summed E-state index contributed by atoms with van der Waals surface area (Å²) in [4.78, 5) is 24.6. The molecule has 0 radical (unpaired) electrons. The van der Waals surface area contributed by atoms with Crippen LogP contribution in [-0.4, -0.2) is 47.4 Å². The second-order valence-electron chi connectivity index (χ2n) is 23.2. The summed E-state index contributed by atoms with van der Waals surface area (Å²) in [5, 5.41) is 23.4. The van der Waals surface area contributed by atoms with E-state index in [4.69, 9.17) is 4.74 Å². The lowest BCUT2D eigenvalue weighted by atomic mass is 10.0. The van der Waals surface area contributed by atoms with E-state index in [9.17, 15) is 19.8 Å². The number of ether oxygens (including phenoxy) is 1. The molecule has 0 aliphatic heterocycles. The number of aliphatic hydroxyl groups excluding tert-OH is 2. The van der Waals surface area contributed by atoms with E-state index in [0.717, 1.165) is 44.9 Å². The Labute approximate surface area is 457 Å². The largest absolute Gasteiger partial charge is 0.466 e. The van der Waals surface area contributed by atoms with Crippen molar-refractivity contribution in [1.29, 1.82) is 0 Å². The molecule has 73 heavy (non-hydrogen) atoms. The van der Waals surface area contributed by atoms with Crippen LogP contribution in [0, 0.1) is 0 Å². The molecule has 0 spiro atoms. The molecule has 0 fully saturated rings. The molecule has 0 aromatic carbocycles. The lowest BCUT2D eigenvalue weighted by Gasteiger charge is -2.22. The first-order valence-electron chi connectivity index (χ1n) is 33.4. The number of nitrogens with one attached hydrogen (secondary N) is 1. The zero-order chi connectivity index (χ0) is 52.9. The molecule has 6 heteroatoms. The second kappa shape index (κ2) is 63.1. The van der Waals surface area contributed by atoms with Gasteiger partial charge in [0.2, 0.25) is 5.91 Å². The highest BCUT2D eigenvalue weighted by atomic mass is 16.5. The fraction of sp³-hybridized carbons (Fsp3) is 0.940. The molecule has 0 saturated carbocycles. The highest BCUT2D eigenvalue weighted by Gasteiger charge is 2.20. The quantitative estimate of drug-likeness (QED) is 0.0320. The number of unbranched alkanes of at least 4 members (excludes halogenated alkanes) is 50. The number of aliphatic hydroxyl groups is 2. The van der Waals surface area contributed by atoms with E-state index in [-0.39, 0.29) is 18.5 Å². The minimum Gasteiger partial charge on any atom is -0.466 e. The molecule has 434 valence electrons. The average Bonchev–Trinajstić information content (AvgIpc) is 3.39. The molecule has 0 bridgehead atoms. The molecule has 0 heterocycles. The van der Waals surface area contributed by atoms with Crippen molar-refractivity contribution in [2.75, 3.05) is 13.2 Å². The van der Waals surface area contributed by atoms with E-state index in [1.54, 1.807) is 0 Å². The fourth-order valence-corrected chi connectivity index (χ4v) is 10.7. The molecule has 1 amide bonds. The zero-order valence-electron chi connectivity index (χ0n) is 49.6. The molecule has 3 N–H and O–H groups in total. The van der Waals surface area contributed by atoms with Crippen molar-refractivity contribution in [1.82, 2.24) is 5.32 Å². The molecule has 0 aromatic heterocycles. The predicted octanol–water partition coefficient (Wildman–Crippen LogP) is 21.2. The second-order valence-corrected chi connectivity index (χ2v) is 23.2. The van der Waals surface area contributed by atoms with Gasteiger partial charge in [0.1, 0.15) is 0 Å². The molecule has 0 aromatic rings. The van der Waals surface area contributed by atoms with Crippen molar-refractivity contribution in [2.24, 2.45) is 0 Å². The Morgan fingerprint density at radius 1 is 0.370 bits per heavy atom. The first-order valence-corrected chi connectivity index (χ1v) is 33.4. The third-order valence-electron chi connectivity index (χ3n) is 15.8. The van der Waals surface area contributed by atoms with E-state index in [1.807, 2.05) is 0 Å². The number of hydrogen-bond acceptors (Lipinski definition) is 5. The molecular weight excluding hydrogens is 899 g/mol. The highest BCUT2D eigenvalue weighted by molar-refractivity contribution is 5.76. The minimum atomic E-state index is -0.666. The molecule has 0 rings (SSSR count). The normalized spacial score (nSPS) is 12.5. The zero-order valence-corrected chi connectivity index (χ0v) is 49.6. The maximum atomic E-state index is 12.5. The monoisotopic (exact) mass is 1030 g/mol. The molecule has 6 nitrogen and oxygen atoms in total. The number of amides is 1. The summed E-state index contributed by atoms with van der Waals surface area (Å²) < 4.78 is 5.48. The summed E-state index contributed by atoms with van der Waals surface area (Å²) in [5.74, 6) is -0.0276. The van der Waals surface area contributed by atoms with E-state index >= 15 is 0 Å². The van der Waals surface area contributed by atoms with Crippen LogP contribution in [0.1, 0.15) is 380 Å². The van der Waals surface area contributed by atoms with Crippen molar-refractivity contribution in [3.63, 3.8) is 0 Å². The first kappa shape index (κ1) is 71.6. The van der Waals surface area contributed by atoms with Gasteiger partial charge in [-0.3, -0.25) is 9.59 Å². The maximum absolute atomic E-state index is 12.5. The van der Waals surface area contributed by atoms with Gasteiger partial charge in [0, 0.05) is 12.8 Å². The number of hydrogen-bond donors (Lipinski definition) is 3. The number of carbonyl (C=O) groups is 2. The summed E-state index contributed by atoms with van der Waals surface area (Å²) in [5.41, 5.74) is 0. The number of carbonyl (C=O) groups excluding carboxylic acids is 2. The summed E-state index contributed by atoms with van der Waals surface area (Å²) in [6.07, 6.45) is 76.6.